The number of fused-ring (bicyclic) bond motifs is 1. The lowest BCUT2D eigenvalue weighted by molar-refractivity contribution is 0.715. The number of hydrogen-bond donors (Lipinski definition) is 0. The van der Waals surface area contributed by atoms with E-state index in [1.807, 2.05) is 41.8 Å². The number of halogens is 2. The number of hydrogen-bond acceptors (Lipinski definition) is 3. The van der Waals surface area contributed by atoms with Gasteiger partial charge < -0.3 is 4.57 Å². The highest BCUT2D eigenvalue weighted by atomic mass is 35.5. The number of imidazole rings is 1. The molecule has 102 valence electrons. The molecule has 0 radical (unpaired) electrons. The van der Waals surface area contributed by atoms with Crippen LogP contribution in [0.2, 0.25) is 5.02 Å². The van der Waals surface area contributed by atoms with Crippen molar-refractivity contribution in [1.82, 2.24) is 19.7 Å². The zero-order chi connectivity index (χ0) is 14.1. The third-order valence-electron chi connectivity index (χ3n) is 3.04. The van der Waals surface area contributed by atoms with E-state index in [0.717, 1.165) is 22.6 Å². The quantitative estimate of drug-likeness (QED) is 0.691. The molecular formula is C14H12Cl2N4. The van der Waals surface area contributed by atoms with E-state index in [9.17, 15) is 0 Å². The largest absolute Gasteiger partial charge is 0.321 e. The van der Waals surface area contributed by atoms with E-state index in [0.29, 0.717) is 11.6 Å². The molecule has 3 rings (SSSR count). The normalized spacial score (nSPS) is 12.8. The van der Waals surface area contributed by atoms with Gasteiger partial charge in [0.15, 0.2) is 0 Å². The van der Waals surface area contributed by atoms with E-state index in [-0.39, 0.29) is 5.38 Å². The molecule has 2 aromatic heterocycles. The average molecular weight is 307 g/mol. The summed E-state index contributed by atoms with van der Waals surface area (Å²) < 4.78 is 2.05. The lowest BCUT2D eigenvalue weighted by Crippen LogP contribution is -2.07. The van der Waals surface area contributed by atoms with Crippen LogP contribution in [-0.4, -0.2) is 19.7 Å². The summed E-state index contributed by atoms with van der Waals surface area (Å²) >= 11 is 12.2. The van der Waals surface area contributed by atoms with Crippen LogP contribution in [0.25, 0.3) is 11.0 Å². The molecule has 20 heavy (non-hydrogen) atoms. The molecule has 0 amide bonds. The Balaban J connectivity index is 2.14. The second-order valence-corrected chi connectivity index (χ2v) is 5.61. The zero-order valence-corrected chi connectivity index (χ0v) is 12.3. The van der Waals surface area contributed by atoms with Gasteiger partial charge in [0.2, 0.25) is 0 Å². The Morgan fingerprint density at radius 2 is 2.15 bits per heavy atom. The van der Waals surface area contributed by atoms with Gasteiger partial charge in [-0.2, -0.15) is 10.2 Å². The predicted molar refractivity (Wildman–Crippen MR) is 80.1 cm³/mol. The fourth-order valence-corrected chi connectivity index (χ4v) is 2.50. The highest BCUT2D eigenvalue weighted by Crippen LogP contribution is 2.27. The maximum absolute atomic E-state index is 6.23. The van der Waals surface area contributed by atoms with Crippen LogP contribution >= 0.6 is 23.2 Å². The lowest BCUT2D eigenvalue weighted by atomic mass is 10.3. The highest BCUT2D eigenvalue weighted by Gasteiger charge is 2.15. The van der Waals surface area contributed by atoms with Gasteiger partial charge in [0, 0.05) is 11.2 Å². The summed E-state index contributed by atoms with van der Waals surface area (Å²) in [6, 6.07) is 9.43. The maximum Gasteiger partial charge on any atom is 0.128 e. The van der Waals surface area contributed by atoms with Gasteiger partial charge in [-0.1, -0.05) is 11.6 Å². The van der Waals surface area contributed by atoms with Crippen LogP contribution in [-0.2, 0) is 6.54 Å². The van der Waals surface area contributed by atoms with Crippen LogP contribution in [0, 0.1) is 0 Å². The van der Waals surface area contributed by atoms with Gasteiger partial charge in [0.25, 0.3) is 0 Å². The summed E-state index contributed by atoms with van der Waals surface area (Å²) in [6.07, 6.45) is 1.65. The number of nitrogens with zero attached hydrogens (tertiary/aromatic N) is 4. The van der Waals surface area contributed by atoms with Crippen LogP contribution in [0.15, 0.2) is 36.5 Å². The van der Waals surface area contributed by atoms with Gasteiger partial charge in [-0.05, 0) is 37.3 Å². The molecule has 1 aromatic carbocycles. The zero-order valence-electron chi connectivity index (χ0n) is 10.8. The van der Waals surface area contributed by atoms with Gasteiger partial charge in [0.05, 0.1) is 28.6 Å². The molecule has 0 N–H and O–H groups in total. The molecule has 0 bridgehead atoms. The first kappa shape index (κ1) is 13.3. The van der Waals surface area contributed by atoms with Crippen molar-refractivity contribution < 1.29 is 0 Å². The van der Waals surface area contributed by atoms with E-state index in [4.69, 9.17) is 23.2 Å². The summed E-state index contributed by atoms with van der Waals surface area (Å²) in [5.74, 6) is 0.801. The molecule has 0 spiro atoms. The fraction of sp³-hybridized carbons (Fsp3) is 0.214. The molecule has 0 aliphatic heterocycles. The van der Waals surface area contributed by atoms with Crippen LogP contribution in [0.5, 0.6) is 0 Å². The molecule has 1 atom stereocenters. The molecular weight excluding hydrogens is 295 g/mol. The Morgan fingerprint density at radius 1 is 1.30 bits per heavy atom. The minimum Gasteiger partial charge on any atom is -0.321 e. The van der Waals surface area contributed by atoms with Crippen LogP contribution in [0.3, 0.4) is 0 Å². The summed E-state index contributed by atoms with van der Waals surface area (Å²) in [5.41, 5.74) is 2.69. The second-order valence-electron chi connectivity index (χ2n) is 4.52. The topological polar surface area (TPSA) is 43.6 Å². The van der Waals surface area contributed by atoms with E-state index in [2.05, 4.69) is 15.2 Å². The molecule has 0 saturated carbocycles. The maximum atomic E-state index is 6.23. The third-order valence-corrected chi connectivity index (χ3v) is 3.47. The number of rotatable bonds is 3. The predicted octanol–water partition coefficient (Wildman–Crippen LogP) is 3.83. The molecule has 2 heterocycles. The van der Waals surface area contributed by atoms with E-state index in [1.165, 1.54) is 0 Å². The molecule has 0 aliphatic rings. The van der Waals surface area contributed by atoms with Gasteiger partial charge in [-0.15, -0.1) is 11.6 Å². The first-order valence-corrected chi connectivity index (χ1v) is 7.03. The first-order valence-electron chi connectivity index (χ1n) is 6.21. The average Bonchev–Trinajstić information content (AvgIpc) is 2.78. The Bertz CT molecular complexity index is 738. The van der Waals surface area contributed by atoms with Crippen molar-refractivity contribution in [2.75, 3.05) is 0 Å². The Hall–Kier alpha value is -1.65. The highest BCUT2D eigenvalue weighted by molar-refractivity contribution is 6.31. The van der Waals surface area contributed by atoms with Crippen LogP contribution in [0.4, 0.5) is 0 Å². The summed E-state index contributed by atoms with van der Waals surface area (Å²) in [4.78, 5) is 4.57. The van der Waals surface area contributed by atoms with E-state index >= 15 is 0 Å². The summed E-state index contributed by atoms with van der Waals surface area (Å²) in [5, 5.41) is 8.47. The minimum absolute atomic E-state index is 0.196. The van der Waals surface area contributed by atoms with Gasteiger partial charge in [0.1, 0.15) is 5.82 Å². The lowest BCUT2D eigenvalue weighted by Gasteiger charge is -2.09. The number of aromatic nitrogens is 4. The first-order chi connectivity index (χ1) is 9.65. The summed E-state index contributed by atoms with van der Waals surface area (Å²) in [7, 11) is 0. The van der Waals surface area contributed by atoms with Gasteiger partial charge in [-0.25, -0.2) is 4.98 Å². The Kier molecular flexibility index (Phi) is 3.59. The SMILES string of the molecule is CC(Cl)c1nc2cc(Cl)ccc2n1Cc1cccnn1. The smallest absolute Gasteiger partial charge is 0.128 e. The van der Waals surface area contributed by atoms with Crippen molar-refractivity contribution in [2.24, 2.45) is 0 Å². The van der Waals surface area contributed by atoms with Crippen molar-refractivity contribution in [3.05, 3.63) is 53.1 Å². The van der Waals surface area contributed by atoms with Crippen molar-refractivity contribution in [1.29, 1.82) is 0 Å². The second kappa shape index (κ2) is 5.38. The summed E-state index contributed by atoms with van der Waals surface area (Å²) in [6.45, 7) is 2.48. The minimum atomic E-state index is -0.196. The Morgan fingerprint density at radius 3 is 2.85 bits per heavy atom. The molecule has 6 heteroatoms. The van der Waals surface area contributed by atoms with Crippen molar-refractivity contribution in [3.8, 4) is 0 Å². The van der Waals surface area contributed by atoms with Gasteiger partial charge in [-0.3, -0.25) is 0 Å². The van der Waals surface area contributed by atoms with Crippen molar-refractivity contribution >= 4 is 34.2 Å². The molecule has 4 nitrogen and oxygen atoms in total. The molecule has 0 saturated heterocycles. The van der Waals surface area contributed by atoms with E-state index in [1.54, 1.807) is 6.20 Å². The van der Waals surface area contributed by atoms with Gasteiger partial charge >= 0.3 is 0 Å². The van der Waals surface area contributed by atoms with Crippen molar-refractivity contribution in [3.63, 3.8) is 0 Å². The Labute approximate surface area is 126 Å². The number of alkyl halides is 1. The molecule has 0 aliphatic carbocycles. The van der Waals surface area contributed by atoms with Crippen LogP contribution < -0.4 is 0 Å². The number of benzene rings is 1. The third kappa shape index (κ3) is 2.49. The molecule has 1 unspecified atom stereocenters. The van der Waals surface area contributed by atoms with Crippen LogP contribution in [0.1, 0.15) is 23.8 Å². The molecule has 3 aromatic rings. The van der Waals surface area contributed by atoms with Crippen molar-refractivity contribution in [2.45, 2.75) is 18.8 Å². The van der Waals surface area contributed by atoms with E-state index < -0.39 is 0 Å². The molecule has 0 fully saturated rings. The monoisotopic (exact) mass is 306 g/mol. The fourth-order valence-electron chi connectivity index (χ4n) is 2.17. The standard InChI is InChI=1S/C14H12Cl2N4/c1-9(15)14-18-12-7-10(16)4-5-13(12)20(14)8-11-3-2-6-17-19-11/h2-7,9H,8H2,1H3.